The van der Waals surface area contributed by atoms with Crippen LogP contribution in [0.25, 0.3) is 0 Å². The Kier molecular flexibility index (Phi) is 2.88. The average Bonchev–Trinajstić information content (AvgIpc) is 2.37. The van der Waals surface area contributed by atoms with Crippen LogP contribution in [0.3, 0.4) is 0 Å². The van der Waals surface area contributed by atoms with Crippen LogP contribution in [0.15, 0.2) is 11.6 Å². The second-order valence-corrected chi connectivity index (χ2v) is 5.29. The van der Waals surface area contributed by atoms with E-state index in [-0.39, 0.29) is 17.9 Å². The van der Waals surface area contributed by atoms with Crippen molar-refractivity contribution in [2.75, 3.05) is 6.61 Å². The maximum absolute atomic E-state index is 9.91. The van der Waals surface area contributed by atoms with Gasteiger partial charge >= 0.3 is 0 Å². The summed E-state index contributed by atoms with van der Waals surface area (Å²) in [5, 5.41) is 28.7. The Labute approximate surface area is 90.4 Å². The molecule has 1 saturated carbocycles. The Hall–Kier alpha value is -0.380. The Balaban J connectivity index is 2.18. The van der Waals surface area contributed by atoms with Crippen molar-refractivity contribution in [2.24, 2.45) is 11.3 Å². The van der Waals surface area contributed by atoms with E-state index in [1.165, 1.54) is 0 Å². The van der Waals surface area contributed by atoms with Gasteiger partial charge in [0.15, 0.2) is 0 Å². The lowest BCUT2D eigenvalue weighted by atomic mass is 9.76. The minimum atomic E-state index is -0.582. The molecule has 3 heteroatoms. The van der Waals surface area contributed by atoms with E-state index in [0.717, 1.165) is 24.8 Å². The van der Waals surface area contributed by atoms with Crippen molar-refractivity contribution in [1.29, 1.82) is 0 Å². The molecule has 0 saturated heterocycles. The molecule has 0 amide bonds. The summed E-state index contributed by atoms with van der Waals surface area (Å²) in [6.07, 6.45) is 4.20. The van der Waals surface area contributed by atoms with Crippen LogP contribution in [0.2, 0.25) is 0 Å². The third-order valence-electron chi connectivity index (χ3n) is 4.21. The molecule has 0 aliphatic heterocycles. The van der Waals surface area contributed by atoms with Crippen LogP contribution in [0, 0.1) is 11.3 Å². The van der Waals surface area contributed by atoms with Crippen LogP contribution in [0.5, 0.6) is 0 Å². The first-order valence-corrected chi connectivity index (χ1v) is 5.72. The van der Waals surface area contributed by atoms with Gasteiger partial charge in [-0.2, -0.15) is 0 Å². The van der Waals surface area contributed by atoms with Gasteiger partial charge in [0.2, 0.25) is 0 Å². The smallest absolute Gasteiger partial charge is 0.0832 e. The SMILES string of the molecule is CC12CC=C(CO)CCC1[C@@H](O)[C@@H](O)C2. The van der Waals surface area contributed by atoms with Gasteiger partial charge in [0.05, 0.1) is 18.8 Å². The summed E-state index contributed by atoms with van der Waals surface area (Å²) < 4.78 is 0. The zero-order valence-electron chi connectivity index (χ0n) is 9.19. The van der Waals surface area contributed by atoms with E-state index in [4.69, 9.17) is 5.11 Å². The van der Waals surface area contributed by atoms with Crippen LogP contribution in [-0.4, -0.2) is 34.1 Å². The van der Waals surface area contributed by atoms with Crippen LogP contribution in [-0.2, 0) is 0 Å². The van der Waals surface area contributed by atoms with Gasteiger partial charge in [-0.1, -0.05) is 13.0 Å². The molecular weight excluding hydrogens is 192 g/mol. The van der Waals surface area contributed by atoms with Gasteiger partial charge < -0.3 is 15.3 Å². The van der Waals surface area contributed by atoms with E-state index in [9.17, 15) is 10.2 Å². The van der Waals surface area contributed by atoms with E-state index < -0.39 is 12.2 Å². The third kappa shape index (κ3) is 1.84. The fourth-order valence-corrected chi connectivity index (χ4v) is 3.15. The van der Waals surface area contributed by atoms with Crippen molar-refractivity contribution in [2.45, 2.75) is 44.8 Å². The number of aliphatic hydroxyl groups excluding tert-OH is 3. The monoisotopic (exact) mass is 212 g/mol. The first kappa shape index (κ1) is 11.1. The molecule has 86 valence electrons. The predicted octanol–water partition coefficient (Wildman–Crippen LogP) is 0.837. The summed E-state index contributed by atoms with van der Waals surface area (Å²) in [6, 6.07) is 0. The molecule has 0 bridgehead atoms. The predicted molar refractivity (Wildman–Crippen MR) is 57.2 cm³/mol. The van der Waals surface area contributed by atoms with Gasteiger partial charge in [-0.05, 0) is 42.6 Å². The summed E-state index contributed by atoms with van der Waals surface area (Å²) in [5.41, 5.74) is 1.09. The van der Waals surface area contributed by atoms with E-state index in [2.05, 4.69) is 13.0 Å². The highest BCUT2D eigenvalue weighted by atomic mass is 16.3. The Morgan fingerprint density at radius 3 is 2.87 bits per heavy atom. The second-order valence-electron chi connectivity index (χ2n) is 5.29. The van der Waals surface area contributed by atoms with E-state index in [1.807, 2.05) is 0 Å². The summed E-state index contributed by atoms with van der Waals surface area (Å²) in [7, 11) is 0. The molecule has 0 aromatic rings. The van der Waals surface area contributed by atoms with Crippen molar-refractivity contribution >= 4 is 0 Å². The Bertz CT molecular complexity index is 274. The first-order valence-electron chi connectivity index (χ1n) is 5.72. The largest absolute Gasteiger partial charge is 0.392 e. The van der Waals surface area contributed by atoms with Crippen LogP contribution >= 0.6 is 0 Å². The lowest BCUT2D eigenvalue weighted by Crippen LogP contribution is -2.29. The van der Waals surface area contributed by atoms with Crippen molar-refractivity contribution in [1.82, 2.24) is 0 Å². The summed E-state index contributed by atoms with van der Waals surface area (Å²) in [5.74, 6) is 0.174. The molecule has 4 atom stereocenters. The molecule has 1 fully saturated rings. The van der Waals surface area contributed by atoms with Gasteiger partial charge in [-0.3, -0.25) is 0 Å². The highest BCUT2D eigenvalue weighted by molar-refractivity contribution is 5.12. The number of fused-ring (bicyclic) bond motifs is 1. The van der Waals surface area contributed by atoms with Gasteiger partial charge in [0.25, 0.3) is 0 Å². The minimum Gasteiger partial charge on any atom is -0.392 e. The van der Waals surface area contributed by atoms with Crippen molar-refractivity contribution in [3.63, 3.8) is 0 Å². The van der Waals surface area contributed by atoms with E-state index >= 15 is 0 Å². The molecule has 0 aromatic heterocycles. The number of aliphatic hydroxyl groups is 3. The van der Waals surface area contributed by atoms with E-state index in [1.54, 1.807) is 0 Å². The fraction of sp³-hybridized carbons (Fsp3) is 0.833. The summed E-state index contributed by atoms with van der Waals surface area (Å²) in [4.78, 5) is 0. The molecule has 0 spiro atoms. The van der Waals surface area contributed by atoms with Crippen molar-refractivity contribution in [3.05, 3.63) is 11.6 Å². The third-order valence-corrected chi connectivity index (χ3v) is 4.21. The molecule has 0 radical (unpaired) electrons. The van der Waals surface area contributed by atoms with E-state index in [0.29, 0.717) is 6.42 Å². The number of hydrogen-bond donors (Lipinski definition) is 3. The molecule has 2 aliphatic carbocycles. The van der Waals surface area contributed by atoms with Gasteiger partial charge in [0.1, 0.15) is 0 Å². The first-order chi connectivity index (χ1) is 7.07. The molecule has 0 aromatic carbocycles. The zero-order chi connectivity index (χ0) is 11.1. The standard InChI is InChI=1S/C12H20O3/c1-12-5-4-8(7-13)2-3-9(12)11(15)10(14)6-12/h4,9-11,13-15H,2-3,5-7H2,1H3/t9?,10-,11+,12?/m0/s1. The second kappa shape index (κ2) is 3.89. The Morgan fingerprint density at radius 1 is 1.47 bits per heavy atom. The minimum absolute atomic E-state index is 0.00968. The maximum atomic E-state index is 9.91. The topological polar surface area (TPSA) is 60.7 Å². The normalized spacial score (nSPS) is 45.9. The summed E-state index contributed by atoms with van der Waals surface area (Å²) >= 11 is 0. The molecule has 3 nitrogen and oxygen atoms in total. The molecule has 2 unspecified atom stereocenters. The molecule has 2 aliphatic rings. The fourth-order valence-electron chi connectivity index (χ4n) is 3.15. The van der Waals surface area contributed by atoms with Crippen LogP contribution < -0.4 is 0 Å². The lowest BCUT2D eigenvalue weighted by molar-refractivity contribution is 0.0136. The van der Waals surface area contributed by atoms with Crippen LogP contribution in [0.1, 0.15) is 32.6 Å². The quantitative estimate of drug-likeness (QED) is 0.564. The molecule has 3 N–H and O–H groups in total. The van der Waals surface area contributed by atoms with Crippen molar-refractivity contribution in [3.8, 4) is 0 Å². The average molecular weight is 212 g/mol. The highest BCUT2D eigenvalue weighted by Crippen LogP contribution is 2.50. The molecular formula is C12H20O3. The van der Waals surface area contributed by atoms with Gasteiger partial charge in [-0.15, -0.1) is 0 Å². The number of rotatable bonds is 1. The Morgan fingerprint density at radius 2 is 2.20 bits per heavy atom. The molecule has 15 heavy (non-hydrogen) atoms. The van der Waals surface area contributed by atoms with Crippen molar-refractivity contribution < 1.29 is 15.3 Å². The molecule has 2 rings (SSSR count). The number of allylic oxidation sites excluding steroid dienone is 1. The zero-order valence-corrected chi connectivity index (χ0v) is 9.19. The highest BCUT2D eigenvalue weighted by Gasteiger charge is 2.49. The lowest BCUT2D eigenvalue weighted by Gasteiger charge is -2.29. The maximum Gasteiger partial charge on any atom is 0.0832 e. The number of hydrogen-bond acceptors (Lipinski definition) is 3. The van der Waals surface area contributed by atoms with Gasteiger partial charge in [0, 0.05) is 0 Å². The molecule has 0 heterocycles. The van der Waals surface area contributed by atoms with Gasteiger partial charge in [-0.25, -0.2) is 0 Å². The van der Waals surface area contributed by atoms with Crippen LogP contribution in [0.4, 0.5) is 0 Å². The summed E-state index contributed by atoms with van der Waals surface area (Å²) in [6.45, 7) is 2.26.